The van der Waals surface area contributed by atoms with Crippen LogP contribution in [0.25, 0.3) is 6.08 Å². The topological polar surface area (TPSA) is 79.1 Å². The number of halogens is 1. The van der Waals surface area contributed by atoms with Crippen molar-refractivity contribution in [1.29, 1.82) is 0 Å². The largest absolute Gasteiger partial charge is 0.496 e. The van der Waals surface area contributed by atoms with Crippen molar-refractivity contribution in [1.82, 2.24) is 4.57 Å². The van der Waals surface area contributed by atoms with E-state index in [4.69, 9.17) is 14.2 Å². The van der Waals surface area contributed by atoms with Gasteiger partial charge in [-0.3, -0.25) is 9.36 Å². The lowest BCUT2D eigenvalue weighted by Crippen LogP contribution is -2.40. The fourth-order valence-corrected chi connectivity index (χ4v) is 5.42. The summed E-state index contributed by atoms with van der Waals surface area (Å²) in [6.45, 7) is 5.32. The minimum atomic E-state index is -0.773. The fraction of sp³-hybridized carbons (Fsp3) is 0.269. The van der Waals surface area contributed by atoms with E-state index in [2.05, 4.69) is 20.9 Å². The smallest absolute Gasteiger partial charge is 0.338 e. The zero-order valence-corrected chi connectivity index (χ0v) is 22.4. The first kappa shape index (κ1) is 24.9. The summed E-state index contributed by atoms with van der Waals surface area (Å²) in [5, 5.41) is 0. The van der Waals surface area contributed by atoms with Crippen LogP contribution in [-0.4, -0.2) is 30.9 Å². The number of aromatic nitrogens is 1. The maximum absolute atomic E-state index is 13.8. The first-order valence-corrected chi connectivity index (χ1v) is 12.6. The van der Waals surface area contributed by atoms with Crippen LogP contribution in [0.15, 0.2) is 68.0 Å². The Bertz CT molecular complexity index is 1500. The van der Waals surface area contributed by atoms with Crippen LogP contribution in [0.3, 0.4) is 0 Å². The Labute approximate surface area is 215 Å². The maximum atomic E-state index is 13.8. The average Bonchev–Trinajstić information content (AvgIpc) is 3.12. The molecule has 0 spiro atoms. The van der Waals surface area contributed by atoms with E-state index in [-0.39, 0.29) is 11.7 Å². The minimum absolute atomic E-state index is 0.269. The van der Waals surface area contributed by atoms with Gasteiger partial charge in [0.15, 0.2) is 4.80 Å². The van der Waals surface area contributed by atoms with E-state index in [9.17, 15) is 9.59 Å². The van der Waals surface area contributed by atoms with Gasteiger partial charge >= 0.3 is 5.97 Å². The molecule has 35 heavy (non-hydrogen) atoms. The van der Waals surface area contributed by atoms with Crippen LogP contribution in [0.1, 0.15) is 37.9 Å². The lowest BCUT2D eigenvalue weighted by molar-refractivity contribution is -0.143. The van der Waals surface area contributed by atoms with Crippen molar-refractivity contribution in [2.45, 2.75) is 32.9 Å². The molecule has 0 fully saturated rings. The summed E-state index contributed by atoms with van der Waals surface area (Å²) in [7, 11) is 3.14. The molecule has 1 aliphatic rings. The van der Waals surface area contributed by atoms with Crippen molar-refractivity contribution in [3.8, 4) is 11.5 Å². The molecular formula is C26H25BrN2O5S. The molecule has 0 aliphatic carbocycles. The van der Waals surface area contributed by atoms with Gasteiger partial charge in [0.2, 0.25) is 0 Å². The first-order chi connectivity index (χ1) is 16.7. The second kappa shape index (κ2) is 10.2. The Hall–Kier alpha value is -3.17. The molecule has 2 aromatic carbocycles. The maximum Gasteiger partial charge on any atom is 0.338 e. The highest BCUT2D eigenvalue weighted by Crippen LogP contribution is 2.37. The summed E-state index contributed by atoms with van der Waals surface area (Å²) in [4.78, 5) is 32.2. The molecule has 0 saturated carbocycles. The van der Waals surface area contributed by atoms with Gasteiger partial charge in [-0.25, -0.2) is 9.79 Å². The third-order valence-corrected chi connectivity index (χ3v) is 6.97. The zero-order chi connectivity index (χ0) is 25.3. The number of esters is 1. The van der Waals surface area contributed by atoms with E-state index < -0.39 is 12.0 Å². The van der Waals surface area contributed by atoms with E-state index >= 15 is 0 Å². The average molecular weight is 557 g/mol. The zero-order valence-electron chi connectivity index (χ0n) is 20.0. The highest BCUT2D eigenvalue weighted by molar-refractivity contribution is 9.10. The van der Waals surface area contributed by atoms with Gasteiger partial charge in [-0.15, -0.1) is 0 Å². The van der Waals surface area contributed by atoms with E-state index in [1.54, 1.807) is 51.7 Å². The van der Waals surface area contributed by atoms with Crippen molar-refractivity contribution < 1.29 is 19.0 Å². The summed E-state index contributed by atoms with van der Waals surface area (Å²) < 4.78 is 19.4. The number of thiazole rings is 1. The molecule has 7 nitrogen and oxygen atoms in total. The van der Waals surface area contributed by atoms with Crippen LogP contribution in [-0.2, 0) is 9.53 Å². The van der Waals surface area contributed by atoms with Gasteiger partial charge in [-0.05, 0) is 51.1 Å². The number of methoxy groups -OCH3 is 2. The molecule has 0 bridgehead atoms. The number of para-hydroxylation sites is 1. The SMILES string of the molecule is COc1ccccc1/C=c1\sc2n(c1=O)[C@H](c1cc(Br)ccc1OC)C(C(=O)OC(C)C)=C(C)N=2. The Morgan fingerprint density at radius 1 is 1.14 bits per heavy atom. The minimum Gasteiger partial charge on any atom is -0.496 e. The van der Waals surface area contributed by atoms with E-state index in [0.717, 1.165) is 10.0 Å². The second-order valence-electron chi connectivity index (χ2n) is 8.16. The molecule has 0 radical (unpaired) electrons. The number of benzene rings is 2. The molecule has 1 aliphatic heterocycles. The highest BCUT2D eigenvalue weighted by atomic mass is 79.9. The highest BCUT2D eigenvalue weighted by Gasteiger charge is 2.35. The lowest BCUT2D eigenvalue weighted by Gasteiger charge is -2.26. The summed E-state index contributed by atoms with van der Waals surface area (Å²) in [6.07, 6.45) is 1.45. The third kappa shape index (κ3) is 4.83. The normalized spacial score (nSPS) is 15.6. The molecule has 2 heterocycles. The number of rotatable bonds is 6. The lowest BCUT2D eigenvalue weighted by atomic mass is 9.95. The Kier molecular flexibility index (Phi) is 7.28. The number of hydrogen-bond acceptors (Lipinski definition) is 7. The molecule has 1 atom stereocenters. The van der Waals surface area contributed by atoms with Crippen molar-refractivity contribution in [3.63, 3.8) is 0 Å². The number of fused-ring (bicyclic) bond motifs is 1. The van der Waals surface area contributed by atoms with Gasteiger partial charge in [-0.2, -0.15) is 0 Å². The van der Waals surface area contributed by atoms with Gasteiger partial charge < -0.3 is 14.2 Å². The molecule has 1 aromatic heterocycles. The van der Waals surface area contributed by atoms with E-state index in [1.807, 2.05) is 36.4 Å². The molecule has 182 valence electrons. The number of carbonyl (C=O) groups is 1. The molecule has 0 unspecified atom stereocenters. The summed E-state index contributed by atoms with van der Waals surface area (Å²) in [5.41, 5.74) is 1.94. The number of nitrogens with zero attached hydrogens (tertiary/aromatic N) is 2. The van der Waals surface area contributed by atoms with Crippen molar-refractivity contribution >= 4 is 39.3 Å². The molecule has 9 heteroatoms. The molecular weight excluding hydrogens is 532 g/mol. The predicted octanol–water partition coefficient (Wildman–Crippen LogP) is 3.97. The van der Waals surface area contributed by atoms with Crippen LogP contribution in [0.4, 0.5) is 0 Å². The van der Waals surface area contributed by atoms with Crippen LogP contribution >= 0.6 is 27.3 Å². The number of ether oxygens (including phenoxy) is 3. The molecule has 0 amide bonds. The molecule has 0 N–H and O–H groups in total. The van der Waals surface area contributed by atoms with Gasteiger partial charge in [0.25, 0.3) is 5.56 Å². The Morgan fingerprint density at radius 2 is 1.86 bits per heavy atom. The van der Waals surface area contributed by atoms with E-state index in [1.165, 1.54) is 11.3 Å². The first-order valence-electron chi connectivity index (χ1n) is 10.9. The fourth-order valence-electron chi connectivity index (χ4n) is 4.00. The standard InChI is InChI=1S/C26H25BrN2O5S/c1-14(2)34-25(31)22-15(3)28-26-29(23(22)18-13-17(27)10-11-20(18)33-5)24(30)21(35-26)12-16-8-6-7-9-19(16)32-4/h6-14,23H,1-5H3/b21-12-/t23-/m1/s1. The van der Waals surface area contributed by atoms with Crippen LogP contribution in [0.2, 0.25) is 0 Å². The molecule has 3 aromatic rings. The van der Waals surface area contributed by atoms with Crippen LogP contribution in [0.5, 0.6) is 11.5 Å². The molecule has 4 rings (SSSR count). The van der Waals surface area contributed by atoms with Crippen LogP contribution < -0.4 is 24.4 Å². The number of hydrogen-bond donors (Lipinski definition) is 0. The number of allylic oxidation sites excluding steroid dienone is 1. The summed E-state index contributed by atoms with van der Waals surface area (Å²) in [6, 6.07) is 12.2. The molecule has 0 saturated heterocycles. The van der Waals surface area contributed by atoms with E-state index in [0.29, 0.717) is 37.7 Å². The van der Waals surface area contributed by atoms with Crippen LogP contribution in [0, 0.1) is 0 Å². The number of carbonyl (C=O) groups excluding carboxylic acids is 1. The van der Waals surface area contributed by atoms with Gasteiger partial charge in [0, 0.05) is 15.6 Å². The van der Waals surface area contributed by atoms with Gasteiger partial charge in [0.1, 0.15) is 17.5 Å². The van der Waals surface area contributed by atoms with Crippen molar-refractivity contribution in [3.05, 3.63) is 89.0 Å². The Balaban J connectivity index is 2.02. The van der Waals surface area contributed by atoms with Crippen molar-refractivity contribution in [2.75, 3.05) is 14.2 Å². The summed E-state index contributed by atoms with van der Waals surface area (Å²) in [5.74, 6) is 0.676. The van der Waals surface area contributed by atoms with Gasteiger partial charge in [-0.1, -0.05) is 45.5 Å². The van der Waals surface area contributed by atoms with Crippen molar-refractivity contribution in [2.24, 2.45) is 4.99 Å². The van der Waals surface area contributed by atoms with Gasteiger partial charge in [0.05, 0.1) is 36.1 Å². The predicted molar refractivity (Wildman–Crippen MR) is 139 cm³/mol. The monoisotopic (exact) mass is 556 g/mol. The summed E-state index contributed by atoms with van der Waals surface area (Å²) >= 11 is 4.77. The second-order valence-corrected chi connectivity index (χ2v) is 10.1. The Morgan fingerprint density at radius 3 is 2.54 bits per heavy atom. The third-order valence-electron chi connectivity index (χ3n) is 5.50. The quantitative estimate of drug-likeness (QED) is 0.429.